The Morgan fingerprint density at radius 1 is 1.33 bits per heavy atom. The molecule has 21 heavy (non-hydrogen) atoms. The number of nitrogens with two attached hydrogens (primary N) is 1. The van der Waals surface area contributed by atoms with Crippen LogP contribution < -0.4 is 10.5 Å². The maximum absolute atomic E-state index is 6.09. The van der Waals surface area contributed by atoms with E-state index in [0.29, 0.717) is 18.0 Å². The van der Waals surface area contributed by atoms with Crippen LogP contribution in [-0.2, 0) is 0 Å². The molecule has 0 radical (unpaired) electrons. The van der Waals surface area contributed by atoms with Gasteiger partial charge in [-0.25, -0.2) is 0 Å². The number of methoxy groups -OCH3 is 1. The molecule has 0 saturated carbocycles. The fourth-order valence-corrected chi connectivity index (χ4v) is 3.70. The fraction of sp³-hybridized carbons (Fsp3) is 0.647. The van der Waals surface area contributed by atoms with Crippen LogP contribution in [0.1, 0.15) is 44.7 Å². The van der Waals surface area contributed by atoms with Gasteiger partial charge >= 0.3 is 0 Å². The van der Waals surface area contributed by atoms with Crippen LogP contribution in [0.4, 0.5) is 0 Å². The zero-order valence-corrected chi connectivity index (χ0v) is 14.9. The van der Waals surface area contributed by atoms with Crippen molar-refractivity contribution in [2.24, 2.45) is 11.1 Å². The Bertz CT molecular complexity index is 476. The lowest BCUT2D eigenvalue weighted by molar-refractivity contribution is 0.200. The predicted molar refractivity (Wildman–Crippen MR) is 91.7 cm³/mol. The van der Waals surface area contributed by atoms with Crippen LogP contribution in [-0.4, -0.2) is 31.6 Å². The first-order valence-electron chi connectivity index (χ1n) is 7.74. The molecule has 2 N–H and O–H groups in total. The van der Waals surface area contributed by atoms with Crippen molar-refractivity contribution in [1.29, 1.82) is 0 Å². The van der Waals surface area contributed by atoms with E-state index in [-0.39, 0.29) is 0 Å². The number of hydrogen-bond acceptors (Lipinski definition) is 3. The third-order valence-corrected chi connectivity index (χ3v) is 5.22. The molecule has 1 fully saturated rings. The molecule has 1 heterocycles. The molecule has 3 nitrogen and oxygen atoms in total. The van der Waals surface area contributed by atoms with Gasteiger partial charge in [-0.15, -0.1) is 0 Å². The first-order valence-corrected chi connectivity index (χ1v) is 8.54. The van der Waals surface area contributed by atoms with E-state index in [9.17, 15) is 0 Å². The van der Waals surface area contributed by atoms with E-state index in [1.807, 2.05) is 6.07 Å². The number of hydrogen-bond donors (Lipinski definition) is 1. The Kier molecular flexibility index (Phi) is 5.69. The molecule has 1 aromatic rings. The van der Waals surface area contributed by atoms with Gasteiger partial charge in [0, 0.05) is 12.6 Å². The maximum Gasteiger partial charge on any atom is 0.133 e. The Labute approximate surface area is 137 Å². The molecule has 1 aliphatic rings. The molecule has 0 amide bonds. The summed E-state index contributed by atoms with van der Waals surface area (Å²) in [7, 11) is 1.69. The van der Waals surface area contributed by atoms with E-state index in [0.717, 1.165) is 23.3 Å². The van der Waals surface area contributed by atoms with Crippen molar-refractivity contribution in [2.75, 3.05) is 26.7 Å². The van der Waals surface area contributed by atoms with Gasteiger partial charge in [0.1, 0.15) is 5.75 Å². The maximum atomic E-state index is 6.09. The minimum absolute atomic E-state index is 0.293. The van der Waals surface area contributed by atoms with Crippen LogP contribution in [0.3, 0.4) is 0 Å². The highest BCUT2D eigenvalue weighted by atomic mass is 79.9. The van der Waals surface area contributed by atoms with Crippen molar-refractivity contribution < 1.29 is 4.74 Å². The zero-order chi connectivity index (χ0) is 15.5. The average Bonchev–Trinajstić information content (AvgIpc) is 2.61. The van der Waals surface area contributed by atoms with Gasteiger partial charge in [0.15, 0.2) is 0 Å². The molecule has 0 spiro atoms. The molecule has 118 valence electrons. The van der Waals surface area contributed by atoms with Gasteiger partial charge in [-0.1, -0.05) is 19.9 Å². The number of halogens is 1. The molecule has 4 heteroatoms. The molecule has 0 aromatic heterocycles. The summed E-state index contributed by atoms with van der Waals surface area (Å²) < 4.78 is 6.31. The van der Waals surface area contributed by atoms with E-state index in [2.05, 4.69) is 46.8 Å². The van der Waals surface area contributed by atoms with Crippen LogP contribution >= 0.6 is 15.9 Å². The number of likely N-dealkylation sites (tertiary alicyclic amines) is 1. The fourth-order valence-electron chi connectivity index (χ4n) is 3.14. The lowest BCUT2D eigenvalue weighted by Crippen LogP contribution is -2.35. The van der Waals surface area contributed by atoms with Gasteiger partial charge in [0.25, 0.3) is 0 Å². The molecule has 0 aliphatic carbocycles. The molecule has 1 aromatic carbocycles. The summed E-state index contributed by atoms with van der Waals surface area (Å²) in [4.78, 5) is 2.54. The van der Waals surface area contributed by atoms with Crippen LogP contribution in [0.5, 0.6) is 5.75 Å². The standard InChI is InChI=1S/C17H27BrN2O/c1-17(2)7-4-9-20(10-8-17)15(12-19)13-5-6-16(21-3)14(18)11-13/h5-6,11,15H,4,7-10,12,19H2,1-3H3. The SMILES string of the molecule is COc1ccc(C(CN)N2CCCC(C)(C)CC2)cc1Br. The van der Waals surface area contributed by atoms with Crippen molar-refractivity contribution >= 4 is 15.9 Å². The average molecular weight is 355 g/mol. The number of ether oxygens (including phenoxy) is 1. The lowest BCUT2D eigenvalue weighted by Gasteiger charge is -2.31. The second kappa shape index (κ2) is 7.12. The summed E-state index contributed by atoms with van der Waals surface area (Å²) in [5, 5.41) is 0. The number of rotatable bonds is 4. The van der Waals surface area contributed by atoms with Crippen molar-refractivity contribution in [3.8, 4) is 5.75 Å². The highest BCUT2D eigenvalue weighted by Crippen LogP contribution is 2.34. The Morgan fingerprint density at radius 3 is 2.71 bits per heavy atom. The van der Waals surface area contributed by atoms with E-state index >= 15 is 0 Å². The second-order valence-electron chi connectivity index (χ2n) is 6.70. The number of benzene rings is 1. The first kappa shape index (κ1) is 16.8. The Morgan fingerprint density at radius 2 is 2.10 bits per heavy atom. The van der Waals surface area contributed by atoms with Gasteiger partial charge in [-0.3, -0.25) is 4.90 Å². The van der Waals surface area contributed by atoms with Crippen molar-refractivity contribution in [3.63, 3.8) is 0 Å². The highest BCUT2D eigenvalue weighted by Gasteiger charge is 2.27. The number of nitrogens with zero attached hydrogens (tertiary/aromatic N) is 1. The molecule has 1 aliphatic heterocycles. The summed E-state index contributed by atoms with van der Waals surface area (Å²) in [5.74, 6) is 0.867. The van der Waals surface area contributed by atoms with Crippen LogP contribution in [0.15, 0.2) is 22.7 Å². The summed E-state index contributed by atoms with van der Waals surface area (Å²) in [6, 6.07) is 6.59. The van der Waals surface area contributed by atoms with Crippen LogP contribution in [0, 0.1) is 5.41 Å². The first-order chi connectivity index (χ1) is 9.96. The molecule has 0 bridgehead atoms. The summed E-state index contributed by atoms with van der Waals surface area (Å²) >= 11 is 3.58. The van der Waals surface area contributed by atoms with E-state index in [4.69, 9.17) is 10.5 Å². The van der Waals surface area contributed by atoms with Gasteiger partial charge in [-0.05, 0) is 71.4 Å². The largest absolute Gasteiger partial charge is 0.496 e. The second-order valence-corrected chi connectivity index (χ2v) is 7.55. The smallest absolute Gasteiger partial charge is 0.133 e. The molecule has 1 unspecified atom stereocenters. The van der Waals surface area contributed by atoms with Gasteiger partial charge in [0.05, 0.1) is 11.6 Å². The third kappa shape index (κ3) is 4.21. The van der Waals surface area contributed by atoms with E-state index in [1.54, 1.807) is 7.11 Å². The molecular formula is C17H27BrN2O. The Balaban J connectivity index is 2.17. The van der Waals surface area contributed by atoms with Crippen molar-refractivity contribution in [3.05, 3.63) is 28.2 Å². The van der Waals surface area contributed by atoms with Crippen molar-refractivity contribution in [1.82, 2.24) is 4.90 Å². The zero-order valence-electron chi connectivity index (χ0n) is 13.4. The molecule has 2 rings (SSSR count). The predicted octanol–water partition coefficient (Wildman–Crippen LogP) is 3.97. The Hall–Kier alpha value is -0.580. The summed E-state index contributed by atoms with van der Waals surface area (Å²) in [5.41, 5.74) is 7.81. The van der Waals surface area contributed by atoms with Gasteiger partial charge in [0.2, 0.25) is 0 Å². The normalized spacial score (nSPS) is 20.8. The van der Waals surface area contributed by atoms with Crippen LogP contribution in [0.25, 0.3) is 0 Å². The van der Waals surface area contributed by atoms with Crippen molar-refractivity contribution in [2.45, 2.75) is 39.2 Å². The monoisotopic (exact) mass is 354 g/mol. The topological polar surface area (TPSA) is 38.5 Å². The molecule has 1 saturated heterocycles. The van der Waals surface area contributed by atoms with Crippen LogP contribution in [0.2, 0.25) is 0 Å². The highest BCUT2D eigenvalue weighted by molar-refractivity contribution is 9.10. The molecule has 1 atom stereocenters. The van der Waals surface area contributed by atoms with E-state index < -0.39 is 0 Å². The quantitative estimate of drug-likeness (QED) is 0.888. The minimum Gasteiger partial charge on any atom is -0.496 e. The summed E-state index contributed by atoms with van der Waals surface area (Å²) in [6.07, 6.45) is 3.79. The lowest BCUT2D eigenvalue weighted by atomic mass is 9.85. The van der Waals surface area contributed by atoms with Gasteiger partial charge < -0.3 is 10.5 Å². The molecular weight excluding hydrogens is 328 g/mol. The third-order valence-electron chi connectivity index (χ3n) is 4.60. The summed E-state index contributed by atoms with van der Waals surface area (Å²) in [6.45, 7) is 7.66. The van der Waals surface area contributed by atoms with E-state index in [1.165, 1.54) is 24.8 Å². The van der Waals surface area contributed by atoms with Gasteiger partial charge in [-0.2, -0.15) is 0 Å². The minimum atomic E-state index is 0.293.